The summed E-state index contributed by atoms with van der Waals surface area (Å²) in [5, 5.41) is 9.51. The number of benzene rings is 1. The molecule has 3 heterocycles. The SMILES string of the molecule is O=C(NCc1cccnc1)C1=NO[C@]2(CCCN(C(=O)Nc3cccc(F)c3)C2)C1. The van der Waals surface area contributed by atoms with E-state index in [1.54, 1.807) is 29.4 Å². The van der Waals surface area contributed by atoms with Gasteiger partial charge < -0.3 is 20.4 Å². The van der Waals surface area contributed by atoms with Crippen LogP contribution in [-0.4, -0.2) is 46.2 Å². The molecule has 1 aromatic heterocycles. The third-order valence-corrected chi connectivity index (χ3v) is 5.18. The number of nitrogens with zero attached hydrogens (tertiary/aromatic N) is 3. The molecule has 1 spiro atoms. The lowest BCUT2D eigenvalue weighted by Crippen LogP contribution is -2.52. The van der Waals surface area contributed by atoms with Crippen molar-refractivity contribution in [2.24, 2.45) is 5.16 Å². The van der Waals surface area contributed by atoms with Crippen molar-refractivity contribution in [2.75, 3.05) is 18.4 Å². The molecule has 0 saturated carbocycles. The van der Waals surface area contributed by atoms with Gasteiger partial charge in [-0.2, -0.15) is 0 Å². The predicted molar refractivity (Wildman–Crippen MR) is 108 cm³/mol. The van der Waals surface area contributed by atoms with Crippen LogP contribution in [0.2, 0.25) is 0 Å². The molecule has 2 aliphatic heterocycles. The van der Waals surface area contributed by atoms with E-state index in [2.05, 4.69) is 20.8 Å². The van der Waals surface area contributed by atoms with Crippen molar-refractivity contribution in [1.29, 1.82) is 0 Å². The normalized spacial score (nSPS) is 20.4. The van der Waals surface area contributed by atoms with Crippen LogP contribution in [-0.2, 0) is 16.2 Å². The quantitative estimate of drug-likeness (QED) is 0.809. The van der Waals surface area contributed by atoms with Crippen molar-refractivity contribution in [3.8, 4) is 0 Å². The van der Waals surface area contributed by atoms with Crippen molar-refractivity contribution in [3.05, 3.63) is 60.2 Å². The molecular weight excluding hydrogens is 389 g/mol. The minimum Gasteiger partial charge on any atom is -0.386 e. The number of carbonyl (C=O) groups excluding carboxylic acids is 2. The van der Waals surface area contributed by atoms with Crippen LogP contribution in [0.5, 0.6) is 0 Å². The maximum Gasteiger partial charge on any atom is 0.321 e. The molecule has 1 saturated heterocycles. The summed E-state index contributed by atoms with van der Waals surface area (Å²) in [5.41, 5.74) is 0.876. The molecule has 2 aromatic rings. The predicted octanol–water partition coefficient (Wildman–Crippen LogP) is 2.68. The molecular formula is C21H22FN5O3. The summed E-state index contributed by atoms with van der Waals surface area (Å²) >= 11 is 0. The molecule has 156 valence electrons. The van der Waals surface area contributed by atoms with E-state index in [1.165, 1.54) is 18.2 Å². The monoisotopic (exact) mass is 411 g/mol. The largest absolute Gasteiger partial charge is 0.386 e. The van der Waals surface area contributed by atoms with Gasteiger partial charge in [0.2, 0.25) is 0 Å². The number of rotatable bonds is 4. The first-order valence-electron chi connectivity index (χ1n) is 9.77. The lowest BCUT2D eigenvalue weighted by Gasteiger charge is -2.38. The van der Waals surface area contributed by atoms with Gasteiger partial charge in [0.05, 0.1) is 6.54 Å². The summed E-state index contributed by atoms with van der Waals surface area (Å²) in [7, 11) is 0. The maximum absolute atomic E-state index is 13.3. The number of halogens is 1. The number of pyridine rings is 1. The first kappa shape index (κ1) is 19.8. The van der Waals surface area contributed by atoms with Crippen molar-refractivity contribution in [1.82, 2.24) is 15.2 Å². The van der Waals surface area contributed by atoms with E-state index in [0.717, 1.165) is 12.0 Å². The number of anilines is 1. The number of amides is 3. The van der Waals surface area contributed by atoms with Crippen LogP contribution in [0.3, 0.4) is 0 Å². The van der Waals surface area contributed by atoms with E-state index in [0.29, 0.717) is 43.9 Å². The second-order valence-corrected chi connectivity index (χ2v) is 7.50. The van der Waals surface area contributed by atoms with Crippen molar-refractivity contribution >= 4 is 23.3 Å². The highest BCUT2D eigenvalue weighted by Crippen LogP contribution is 2.33. The fourth-order valence-corrected chi connectivity index (χ4v) is 3.69. The number of carbonyl (C=O) groups is 2. The van der Waals surface area contributed by atoms with Gasteiger partial charge >= 0.3 is 6.03 Å². The summed E-state index contributed by atoms with van der Waals surface area (Å²) < 4.78 is 13.3. The van der Waals surface area contributed by atoms with Crippen LogP contribution in [0.15, 0.2) is 53.9 Å². The highest BCUT2D eigenvalue weighted by Gasteiger charge is 2.45. The van der Waals surface area contributed by atoms with Gasteiger partial charge in [-0.25, -0.2) is 9.18 Å². The molecule has 2 aliphatic rings. The van der Waals surface area contributed by atoms with Crippen molar-refractivity contribution in [2.45, 2.75) is 31.4 Å². The molecule has 9 heteroatoms. The Morgan fingerprint density at radius 2 is 2.17 bits per heavy atom. The number of likely N-dealkylation sites (tertiary alicyclic amines) is 1. The average Bonchev–Trinajstić information content (AvgIpc) is 3.16. The molecule has 1 fully saturated rings. The Bertz CT molecular complexity index is 968. The third-order valence-electron chi connectivity index (χ3n) is 5.18. The third kappa shape index (κ3) is 4.56. The summed E-state index contributed by atoms with van der Waals surface area (Å²) in [6, 6.07) is 9.08. The van der Waals surface area contributed by atoms with Gasteiger partial charge in [-0.15, -0.1) is 0 Å². The minimum atomic E-state index is -0.710. The molecule has 1 aromatic carbocycles. The Morgan fingerprint density at radius 1 is 1.27 bits per heavy atom. The Hall–Kier alpha value is -3.49. The van der Waals surface area contributed by atoms with Gasteiger partial charge in [-0.1, -0.05) is 17.3 Å². The number of hydrogen-bond acceptors (Lipinski definition) is 5. The van der Waals surface area contributed by atoms with E-state index < -0.39 is 11.4 Å². The molecule has 0 radical (unpaired) electrons. The lowest BCUT2D eigenvalue weighted by atomic mass is 9.88. The molecule has 30 heavy (non-hydrogen) atoms. The highest BCUT2D eigenvalue weighted by atomic mass is 19.1. The summed E-state index contributed by atoms with van der Waals surface area (Å²) in [5.74, 6) is -0.713. The van der Waals surface area contributed by atoms with Gasteiger partial charge in [-0.3, -0.25) is 9.78 Å². The highest BCUT2D eigenvalue weighted by molar-refractivity contribution is 6.39. The topological polar surface area (TPSA) is 95.9 Å². The Morgan fingerprint density at radius 3 is 2.97 bits per heavy atom. The van der Waals surface area contributed by atoms with E-state index in [4.69, 9.17) is 4.84 Å². The number of aromatic nitrogens is 1. The average molecular weight is 411 g/mol. The zero-order valence-corrected chi connectivity index (χ0v) is 16.3. The minimum absolute atomic E-state index is 0.294. The Balaban J connectivity index is 1.33. The molecule has 3 amide bonds. The molecule has 0 bridgehead atoms. The molecule has 0 aliphatic carbocycles. The van der Waals surface area contributed by atoms with Gasteiger partial charge in [0, 0.05) is 37.6 Å². The fraction of sp³-hybridized carbons (Fsp3) is 0.333. The first-order chi connectivity index (χ1) is 14.5. The number of nitrogens with one attached hydrogen (secondary N) is 2. The zero-order valence-electron chi connectivity index (χ0n) is 16.3. The zero-order chi connectivity index (χ0) is 21.0. The molecule has 1 atom stereocenters. The van der Waals surface area contributed by atoms with Crippen molar-refractivity contribution in [3.63, 3.8) is 0 Å². The lowest BCUT2D eigenvalue weighted by molar-refractivity contribution is -0.115. The van der Waals surface area contributed by atoms with E-state index >= 15 is 0 Å². The van der Waals surface area contributed by atoms with Crippen LogP contribution in [0.25, 0.3) is 0 Å². The van der Waals surface area contributed by atoms with Gasteiger partial charge in [0.1, 0.15) is 11.5 Å². The maximum atomic E-state index is 13.3. The van der Waals surface area contributed by atoms with Crippen LogP contribution >= 0.6 is 0 Å². The van der Waals surface area contributed by atoms with Gasteiger partial charge in [0.25, 0.3) is 5.91 Å². The number of urea groups is 1. The summed E-state index contributed by atoms with van der Waals surface area (Å²) in [6.45, 7) is 1.20. The second-order valence-electron chi connectivity index (χ2n) is 7.50. The van der Waals surface area contributed by atoms with E-state index in [1.807, 2.05) is 6.07 Å². The van der Waals surface area contributed by atoms with E-state index in [9.17, 15) is 14.0 Å². The fourth-order valence-electron chi connectivity index (χ4n) is 3.69. The van der Waals surface area contributed by atoms with Crippen LogP contribution in [0.4, 0.5) is 14.9 Å². The first-order valence-corrected chi connectivity index (χ1v) is 9.77. The molecule has 8 nitrogen and oxygen atoms in total. The molecule has 2 N–H and O–H groups in total. The molecule has 4 rings (SSSR count). The van der Waals surface area contributed by atoms with Crippen LogP contribution in [0, 0.1) is 5.82 Å². The number of hydrogen-bond donors (Lipinski definition) is 2. The number of oxime groups is 1. The smallest absolute Gasteiger partial charge is 0.321 e. The Labute approximate surface area is 173 Å². The van der Waals surface area contributed by atoms with Gasteiger partial charge in [0.15, 0.2) is 5.60 Å². The van der Waals surface area contributed by atoms with Crippen LogP contribution in [0.1, 0.15) is 24.8 Å². The van der Waals surface area contributed by atoms with E-state index in [-0.39, 0.29) is 11.9 Å². The summed E-state index contributed by atoms with van der Waals surface area (Å²) in [6.07, 6.45) is 5.10. The summed E-state index contributed by atoms with van der Waals surface area (Å²) in [4.78, 5) is 36.3. The Kier molecular flexibility index (Phi) is 5.60. The van der Waals surface area contributed by atoms with Gasteiger partial charge in [-0.05, 0) is 42.7 Å². The van der Waals surface area contributed by atoms with Crippen LogP contribution < -0.4 is 10.6 Å². The molecule has 0 unspecified atom stereocenters. The number of piperidine rings is 1. The van der Waals surface area contributed by atoms with Crippen molar-refractivity contribution < 1.29 is 18.8 Å². The second kappa shape index (κ2) is 8.48. The standard InChI is InChI=1S/C21H22FN5O3/c22-16-5-1-6-17(10-16)25-20(29)27-9-3-7-21(14-27)11-18(26-30-21)19(28)24-13-15-4-2-8-23-12-15/h1-2,4-6,8,10,12H,3,7,9,11,13-14H2,(H,24,28)(H,25,29)/t21-/m1/s1.